The molecule has 1 aliphatic heterocycles. The van der Waals surface area contributed by atoms with Crippen LogP contribution < -0.4 is 21.7 Å². The molecule has 1 saturated carbocycles. The van der Waals surface area contributed by atoms with Gasteiger partial charge in [0.25, 0.3) is 11.5 Å². The highest BCUT2D eigenvalue weighted by molar-refractivity contribution is 6.37. The second-order valence-electron chi connectivity index (χ2n) is 7.36. The first kappa shape index (κ1) is 21.3. The molecule has 162 valence electrons. The van der Waals surface area contributed by atoms with Gasteiger partial charge in [-0.3, -0.25) is 14.6 Å². The number of halogens is 2. The van der Waals surface area contributed by atoms with Crippen LogP contribution in [0, 0.1) is 11.8 Å². The molecule has 31 heavy (non-hydrogen) atoms. The molecule has 0 radical (unpaired) electrons. The lowest BCUT2D eigenvalue weighted by Gasteiger charge is -2.27. The third-order valence-corrected chi connectivity index (χ3v) is 5.86. The van der Waals surface area contributed by atoms with Gasteiger partial charge in [-0.15, -0.1) is 15.3 Å². The Morgan fingerprint density at radius 3 is 2.42 bits per heavy atom. The second kappa shape index (κ2) is 8.64. The lowest BCUT2D eigenvalue weighted by molar-refractivity contribution is -0.122. The molecule has 0 saturated heterocycles. The topological polar surface area (TPSA) is 145 Å². The van der Waals surface area contributed by atoms with Crippen molar-refractivity contribution in [1.82, 2.24) is 14.8 Å². The molecule has 1 atom stereocenters. The van der Waals surface area contributed by atoms with Crippen molar-refractivity contribution < 1.29 is 9.53 Å². The summed E-state index contributed by atoms with van der Waals surface area (Å²) in [5.41, 5.74) is 4.05. The van der Waals surface area contributed by atoms with Crippen molar-refractivity contribution in [2.75, 3.05) is 5.73 Å². The highest BCUT2D eigenvalue weighted by Crippen LogP contribution is 2.38. The lowest BCUT2D eigenvalue weighted by atomic mass is 9.79. The number of benzene rings is 1. The van der Waals surface area contributed by atoms with Crippen molar-refractivity contribution in [3.8, 4) is 11.4 Å². The first-order valence-electron chi connectivity index (χ1n) is 9.67. The molecule has 0 spiro atoms. The van der Waals surface area contributed by atoms with Crippen LogP contribution in [0.3, 0.4) is 0 Å². The molecule has 1 amide bonds. The van der Waals surface area contributed by atoms with Crippen molar-refractivity contribution in [3.05, 3.63) is 55.0 Å². The summed E-state index contributed by atoms with van der Waals surface area (Å²) >= 11 is 12.6. The summed E-state index contributed by atoms with van der Waals surface area (Å²) in [7, 11) is 0. The van der Waals surface area contributed by atoms with E-state index in [9.17, 15) is 14.4 Å². The first-order valence-corrected chi connectivity index (χ1v) is 10.4. The van der Waals surface area contributed by atoms with Crippen LogP contribution in [0.1, 0.15) is 32.1 Å². The summed E-state index contributed by atoms with van der Waals surface area (Å²) < 4.78 is 6.60. The smallest absolute Gasteiger partial charge is 0.349 e. The molecule has 1 unspecified atom stereocenters. The number of amides is 1. The summed E-state index contributed by atoms with van der Waals surface area (Å²) in [5, 5.41) is 11.4. The number of anilines is 1. The Hall–Kier alpha value is -2.98. The van der Waals surface area contributed by atoms with Gasteiger partial charge in [0, 0.05) is 0 Å². The van der Waals surface area contributed by atoms with E-state index in [-0.39, 0.29) is 39.2 Å². The zero-order valence-electron chi connectivity index (χ0n) is 16.2. The summed E-state index contributed by atoms with van der Waals surface area (Å²) in [4.78, 5) is 37.7. The van der Waals surface area contributed by atoms with Gasteiger partial charge in [-0.05, 0) is 37.0 Å². The quantitative estimate of drug-likeness (QED) is 0.709. The molecular formula is C19H18Cl2N6O4. The highest BCUT2D eigenvalue weighted by atomic mass is 35.5. The Morgan fingerprint density at radius 2 is 1.74 bits per heavy atom. The minimum atomic E-state index is -0.808. The molecule has 4 rings (SSSR count). The SMILES string of the molecule is Nc1nn(-c2cc(Cl)c(OC3=CC(C4CCCCC4)C(=O)N=N3)c(Cl)c2)c(=O)[nH]c1=O. The van der Waals surface area contributed by atoms with Crippen LogP contribution in [-0.4, -0.2) is 20.7 Å². The lowest BCUT2D eigenvalue weighted by Crippen LogP contribution is -2.33. The maximum Gasteiger partial charge on any atom is 0.349 e. The number of carbonyl (C=O) groups excluding carboxylic acids is 1. The summed E-state index contributed by atoms with van der Waals surface area (Å²) in [5.74, 6) is -0.659. The van der Waals surface area contributed by atoms with E-state index in [1.807, 2.05) is 4.98 Å². The predicted molar refractivity (Wildman–Crippen MR) is 114 cm³/mol. The third kappa shape index (κ3) is 4.40. The number of nitrogens with two attached hydrogens (primary N) is 1. The number of nitrogens with one attached hydrogen (secondary N) is 1. The number of hydrogen-bond donors (Lipinski definition) is 2. The molecule has 0 bridgehead atoms. The van der Waals surface area contributed by atoms with Crippen LogP contribution in [0.5, 0.6) is 5.75 Å². The maximum absolute atomic E-state index is 12.2. The number of hydrogen-bond acceptors (Lipinski definition) is 7. The van der Waals surface area contributed by atoms with Gasteiger partial charge in [-0.1, -0.05) is 42.5 Å². The van der Waals surface area contributed by atoms with Gasteiger partial charge in [0.2, 0.25) is 11.7 Å². The molecule has 10 nitrogen and oxygen atoms in total. The van der Waals surface area contributed by atoms with Crippen LogP contribution in [0.4, 0.5) is 5.82 Å². The summed E-state index contributed by atoms with van der Waals surface area (Å²) in [6.07, 6.45) is 6.89. The van der Waals surface area contributed by atoms with Crippen molar-refractivity contribution in [3.63, 3.8) is 0 Å². The molecule has 3 N–H and O–H groups in total. The van der Waals surface area contributed by atoms with Gasteiger partial charge in [-0.25, -0.2) is 4.79 Å². The zero-order valence-corrected chi connectivity index (χ0v) is 17.7. The fraction of sp³-hybridized carbons (Fsp3) is 0.368. The number of carbonyl (C=O) groups is 1. The van der Waals surface area contributed by atoms with E-state index >= 15 is 0 Å². The minimum Gasteiger partial charge on any atom is -0.435 e. The van der Waals surface area contributed by atoms with E-state index in [4.69, 9.17) is 33.7 Å². The summed E-state index contributed by atoms with van der Waals surface area (Å²) in [6.45, 7) is 0. The standard InChI is InChI=1S/C19H18Cl2N6O4/c20-12-6-10(27-19(30)23-18(29)16(22)26-27)7-13(21)15(12)31-14-8-11(17(28)25-24-14)9-4-2-1-3-5-9/h6-9,11H,1-5H2,(H2,22,26)(H,23,29,30). The van der Waals surface area contributed by atoms with Crippen molar-refractivity contribution in [2.24, 2.45) is 22.1 Å². The number of ether oxygens (including phenoxy) is 1. The van der Waals surface area contributed by atoms with Crippen LogP contribution >= 0.6 is 23.2 Å². The van der Waals surface area contributed by atoms with Crippen LogP contribution in [0.2, 0.25) is 10.0 Å². The number of azo groups is 1. The number of aromatic nitrogens is 3. The highest BCUT2D eigenvalue weighted by Gasteiger charge is 2.31. The Balaban J connectivity index is 1.63. The number of nitrogens with zero attached hydrogens (tertiary/aromatic N) is 4. The molecule has 2 aromatic rings. The molecule has 1 aliphatic carbocycles. The average Bonchev–Trinajstić information content (AvgIpc) is 2.75. The number of aromatic amines is 1. The van der Waals surface area contributed by atoms with Crippen LogP contribution in [0.15, 0.2) is 43.9 Å². The molecule has 2 aliphatic rings. The van der Waals surface area contributed by atoms with E-state index in [0.717, 1.165) is 30.4 Å². The number of H-pyrrole nitrogens is 1. The normalized spacial score (nSPS) is 19.4. The van der Waals surface area contributed by atoms with Gasteiger partial charge >= 0.3 is 5.69 Å². The number of rotatable bonds is 4. The fourth-order valence-corrected chi connectivity index (χ4v) is 4.32. The van der Waals surface area contributed by atoms with E-state index in [2.05, 4.69) is 15.3 Å². The predicted octanol–water partition coefficient (Wildman–Crippen LogP) is 3.22. The van der Waals surface area contributed by atoms with E-state index in [1.54, 1.807) is 6.08 Å². The Labute approximate surface area is 185 Å². The largest absolute Gasteiger partial charge is 0.435 e. The van der Waals surface area contributed by atoms with Gasteiger partial charge in [0.1, 0.15) is 0 Å². The molecule has 12 heteroatoms. The molecular weight excluding hydrogens is 447 g/mol. The van der Waals surface area contributed by atoms with Crippen molar-refractivity contribution in [1.29, 1.82) is 0 Å². The van der Waals surface area contributed by atoms with Crippen LogP contribution in [0.25, 0.3) is 5.69 Å². The van der Waals surface area contributed by atoms with Crippen molar-refractivity contribution in [2.45, 2.75) is 32.1 Å². The van der Waals surface area contributed by atoms with Gasteiger partial charge in [-0.2, -0.15) is 4.68 Å². The minimum absolute atomic E-state index is 0.0585. The fourth-order valence-electron chi connectivity index (χ4n) is 3.77. The third-order valence-electron chi connectivity index (χ3n) is 5.30. The van der Waals surface area contributed by atoms with Crippen molar-refractivity contribution >= 4 is 34.9 Å². The summed E-state index contributed by atoms with van der Waals surface area (Å²) in [6, 6.07) is 2.75. The Morgan fingerprint density at radius 1 is 1.06 bits per heavy atom. The zero-order chi connectivity index (χ0) is 22.1. The Bertz CT molecular complexity index is 1190. The molecule has 2 heterocycles. The molecule has 1 fully saturated rings. The Kier molecular flexibility index (Phi) is 5.92. The maximum atomic E-state index is 12.2. The second-order valence-corrected chi connectivity index (χ2v) is 8.18. The molecule has 1 aromatic carbocycles. The van der Waals surface area contributed by atoms with E-state index in [0.29, 0.717) is 0 Å². The molecule has 1 aromatic heterocycles. The van der Waals surface area contributed by atoms with Gasteiger partial charge in [0.15, 0.2) is 5.75 Å². The number of nitrogen functional groups attached to an aromatic ring is 1. The average molecular weight is 465 g/mol. The first-order chi connectivity index (χ1) is 14.8. The monoisotopic (exact) mass is 464 g/mol. The van der Waals surface area contributed by atoms with Gasteiger partial charge in [0.05, 0.1) is 21.7 Å². The van der Waals surface area contributed by atoms with Gasteiger partial charge < -0.3 is 10.5 Å². The van der Waals surface area contributed by atoms with E-state index in [1.165, 1.54) is 18.6 Å². The van der Waals surface area contributed by atoms with E-state index < -0.39 is 23.0 Å². The van der Waals surface area contributed by atoms with Crippen LogP contribution in [-0.2, 0) is 4.79 Å².